The summed E-state index contributed by atoms with van der Waals surface area (Å²) < 4.78 is 18.8. The molecule has 92 valence electrons. The summed E-state index contributed by atoms with van der Waals surface area (Å²) in [5.74, 6) is -1.78. The van der Waals surface area contributed by atoms with Gasteiger partial charge in [0.15, 0.2) is 0 Å². The van der Waals surface area contributed by atoms with Gasteiger partial charge in [-0.2, -0.15) is 9.37 Å². The molecule has 1 aromatic heterocycles. The number of benzene rings is 1. The summed E-state index contributed by atoms with van der Waals surface area (Å²) in [7, 11) is 0. The number of aryl methyl sites for hydroxylation is 1. The first-order valence-electron chi connectivity index (χ1n) is 5.06. The first-order valence-corrected chi connectivity index (χ1v) is 5.06. The summed E-state index contributed by atoms with van der Waals surface area (Å²) in [6, 6.07) is 5.73. The van der Waals surface area contributed by atoms with Crippen LogP contribution in [0.4, 0.5) is 4.39 Å². The Hall–Kier alpha value is -2.50. The van der Waals surface area contributed by atoms with E-state index < -0.39 is 11.8 Å². The van der Waals surface area contributed by atoms with Crippen molar-refractivity contribution in [2.45, 2.75) is 6.92 Å². The predicted molar refractivity (Wildman–Crippen MR) is 60.2 cm³/mol. The molecule has 0 amide bonds. The molecule has 0 bridgehead atoms. The zero-order chi connectivity index (χ0) is 13.1. The van der Waals surface area contributed by atoms with E-state index in [1.165, 1.54) is 37.5 Å². The van der Waals surface area contributed by atoms with Crippen molar-refractivity contribution in [2.75, 3.05) is 0 Å². The summed E-state index contributed by atoms with van der Waals surface area (Å²) in [5.41, 5.74) is 0.216. The SMILES string of the molecule is Cc1ncnc(Oc2cccc(C(=O)O)c2)c1F. The van der Waals surface area contributed by atoms with E-state index in [0.29, 0.717) is 0 Å². The molecule has 1 heterocycles. The molecule has 0 radical (unpaired) electrons. The number of carboxylic acids is 1. The van der Waals surface area contributed by atoms with Crippen LogP contribution in [-0.2, 0) is 0 Å². The summed E-state index contributed by atoms with van der Waals surface area (Å²) in [4.78, 5) is 18.1. The van der Waals surface area contributed by atoms with Gasteiger partial charge in [-0.3, -0.25) is 0 Å². The van der Waals surface area contributed by atoms with Gasteiger partial charge in [0.1, 0.15) is 12.1 Å². The normalized spacial score (nSPS) is 10.1. The zero-order valence-corrected chi connectivity index (χ0v) is 9.42. The average Bonchev–Trinajstić information content (AvgIpc) is 2.35. The lowest BCUT2D eigenvalue weighted by atomic mass is 10.2. The Bertz CT molecular complexity index is 602. The Morgan fingerprint density at radius 2 is 2.17 bits per heavy atom. The minimum absolute atomic E-state index is 0.0543. The van der Waals surface area contributed by atoms with Crippen LogP contribution in [-0.4, -0.2) is 21.0 Å². The van der Waals surface area contributed by atoms with Crippen LogP contribution in [0.25, 0.3) is 0 Å². The minimum atomic E-state index is -1.08. The third kappa shape index (κ3) is 2.42. The number of aromatic nitrogens is 2. The van der Waals surface area contributed by atoms with E-state index >= 15 is 0 Å². The highest BCUT2D eigenvalue weighted by molar-refractivity contribution is 5.88. The molecule has 2 rings (SSSR count). The van der Waals surface area contributed by atoms with Crippen molar-refractivity contribution in [3.8, 4) is 11.6 Å². The predicted octanol–water partition coefficient (Wildman–Crippen LogP) is 2.41. The lowest BCUT2D eigenvalue weighted by Gasteiger charge is -2.06. The second kappa shape index (κ2) is 4.79. The number of carboxylic acid groups (broad SMARTS) is 1. The summed E-state index contributed by atoms with van der Waals surface area (Å²) in [6.45, 7) is 1.48. The summed E-state index contributed by atoms with van der Waals surface area (Å²) in [6.07, 6.45) is 1.18. The lowest BCUT2D eigenvalue weighted by molar-refractivity contribution is 0.0696. The second-order valence-electron chi connectivity index (χ2n) is 3.51. The number of carbonyl (C=O) groups is 1. The standard InChI is InChI=1S/C12H9FN2O3/c1-7-10(13)11(15-6-14-7)18-9-4-2-3-8(5-9)12(16)17/h2-6H,1H3,(H,16,17). The molecule has 0 spiro atoms. The maximum atomic E-state index is 13.6. The molecule has 1 aromatic carbocycles. The van der Waals surface area contributed by atoms with Gasteiger partial charge in [0.2, 0.25) is 5.82 Å². The Balaban J connectivity index is 2.31. The minimum Gasteiger partial charge on any atom is -0.478 e. The first-order chi connectivity index (χ1) is 8.58. The number of aromatic carboxylic acids is 1. The smallest absolute Gasteiger partial charge is 0.335 e. The van der Waals surface area contributed by atoms with Crippen molar-refractivity contribution in [2.24, 2.45) is 0 Å². The Morgan fingerprint density at radius 1 is 1.39 bits per heavy atom. The van der Waals surface area contributed by atoms with Crippen LogP contribution < -0.4 is 4.74 Å². The Morgan fingerprint density at radius 3 is 2.89 bits per heavy atom. The maximum absolute atomic E-state index is 13.6. The largest absolute Gasteiger partial charge is 0.478 e. The monoisotopic (exact) mass is 248 g/mol. The number of nitrogens with zero attached hydrogens (tertiary/aromatic N) is 2. The highest BCUT2D eigenvalue weighted by atomic mass is 19.1. The topological polar surface area (TPSA) is 72.3 Å². The molecule has 0 atom stereocenters. The Labute approximate surface area is 102 Å². The van der Waals surface area contributed by atoms with E-state index in [0.717, 1.165) is 0 Å². The van der Waals surface area contributed by atoms with Crippen LogP contribution in [0.2, 0.25) is 0 Å². The fourth-order valence-electron chi connectivity index (χ4n) is 1.31. The van der Waals surface area contributed by atoms with Crippen molar-refractivity contribution in [3.05, 3.63) is 47.7 Å². The van der Waals surface area contributed by atoms with Crippen LogP contribution in [0.5, 0.6) is 11.6 Å². The van der Waals surface area contributed by atoms with Crippen LogP contribution in [0.15, 0.2) is 30.6 Å². The molecule has 18 heavy (non-hydrogen) atoms. The van der Waals surface area contributed by atoms with Crippen molar-refractivity contribution in [1.82, 2.24) is 9.97 Å². The number of hydrogen-bond acceptors (Lipinski definition) is 4. The summed E-state index contributed by atoms with van der Waals surface area (Å²) >= 11 is 0. The van der Waals surface area contributed by atoms with Crippen LogP contribution >= 0.6 is 0 Å². The molecule has 0 unspecified atom stereocenters. The van der Waals surface area contributed by atoms with E-state index in [1.54, 1.807) is 0 Å². The third-order valence-electron chi connectivity index (χ3n) is 2.23. The van der Waals surface area contributed by atoms with Crippen LogP contribution in [0, 0.1) is 12.7 Å². The molecule has 6 heteroatoms. The van der Waals surface area contributed by atoms with Gasteiger partial charge < -0.3 is 9.84 Å². The van der Waals surface area contributed by atoms with E-state index in [1.807, 2.05) is 0 Å². The molecule has 0 saturated heterocycles. The van der Waals surface area contributed by atoms with Gasteiger partial charge in [-0.05, 0) is 25.1 Å². The highest BCUT2D eigenvalue weighted by Gasteiger charge is 2.11. The van der Waals surface area contributed by atoms with E-state index in [2.05, 4.69) is 9.97 Å². The fraction of sp³-hybridized carbons (Fsp3) is 0.0833. The molecular weight excluding hydrogens is 239 g/mol. The van der Waals surface area contributed by atoms with Crippen molar-refractivity contribution in [1.29, 1.82) is 0 Å². The fourth-order valence-corrected chi connectivity index (χ4v) is 1.31. The molecule has 0 saturated carbocycles. The molecule has 0 aliphatic heterocycles. The molecule has 2 aromatic rings. The Kier molecular flexibility index (Phi) is 3.18. The van der Waals surface area contributed by atoms with Gasteiger partial charge in [0, 0.05) is 0 Å². The zero-order valence-electron chi connectivity index (χ0n) is 9.42. The van der Waals surface area contributed by atoms with Gasteiger partial charge in [0.25, 0.3) is 5.88 Å². The van der Waals surface area contributed by atoms with Gasteiger partial charge in [-0.15, -0.1) is 0 Å². The first kappa shape index (κ1) is 12.0. The van der Waals surface area contributed by atoms with Crippen molar-refractivity contribution in [3.63, 3.8) is 0 Å². The van der Waals surface area contributed by atoms with Crippen molar-refractivity contribution >= 4 is 5.97 Å². The summed E-state index contributed by atoms with van der Waals surface area (Å²) in [5, 5.41) is 8.82. The van der Waals surface area contributed by atoms with E-state index in [-0.39, 0.29) is 22.9 Å². The number of rotatable bonds is 3. The quantitative estimate of drug-likeness (QED) is 0.902. The highest BCUT2D eigenvalue weighted by Crippen LogP contribution is 2.23. The number of ether oxygens (including phenoxy) is 1. The van der Waals surface area contributed by atoms with Gasteiger partial charge in [-0.1, -0.05) is 6.07 Å². The van der Waals surface area contributed by atoms with E-state index in [4.69, 9.17) is 9.84 Å². The molecule has 0 aliphatic carbocycles. The van der Waals surface area contributed by atoms with Gasteiger partial charge >= 0.3 is 5.97 Å². The molecule has 1 N–H and O–H groups in total. The molecular formula is C12H9FN2O3. The molecule has 0 fully saturated rings. The lowest BCUT2D eigenvalue weighted by Crippen LogP contribution is -1.99. The molecule has 5 nitrogen and oxygen atoms in total. The average molecular weight is 248 g/mol. The second-order valence-corrected chi connectivity index (χ2v) is 3.51. The maximum Gasteiger partial charge on any atom is 0.335 e. The molecule has 0 aliphatic rings. The number of halogens is 1. The van der Waals surface area contributed by atoms with Gasteiger partial charge in [-0.25, -0.2) is 9.78 Å². The van der Waals surface area contributed by atoms with Crippen LogP contribution in [0.1, 0.15) is 16.1 Å². The third-order valence-corrected chi connectivity index (χ3v) is 2.23. The van der Waals surface area contributed by atoms with Crippen LogP contribution in [0.3, 0.4) is 0 Å². The van der Waals surface area contributed by atoms with Gasteiger partial charge in [0.05, 0.1) is 11.3 Å². The van der Waals surface area contributed by atoms with E-state index in [9.17, 15) is 9.18 Å². The number of hydrogen-bond donors (Lipinski definition) is 1. The van der Waals surface area contributed by atoms with Crippen molar-refractivity contribution < 1.29 is 19.0 Å².